The lowest BCUT2D eigenvalue weighted by Crippen LogP contribution is -2.37. The Morgan fingerprint density at radius 1 is 1.12 bits per heavy atom. The van der Waals surface area contributed by atoms with Crippen molar-refractivity contribution in [1.82, 2.24) is 9.88 Å². The van der Waals surface area contributed by atoms with E-state index < -0.39 is 21.5 Å². The fraction of sp³-hybridized carbons (Fsp3) is 0.385. The number of aromatic nitrogens is 1. The number of hydrogen-bond acceptors (Lipinski definition) is 4. The number of hydrogen-bond donors (Lipinski definition) is 1. The van der Waals surface area contributed by atoms with E-state index >= 15 is 0 Å². The van der Waals surface area contributed by atoms with Crippen molar-refractivity contribution in [2.24, 2.45) is 7.05 Å². The summed E-state index contributed by atoms with van der Waals surface area (Å²) < 4.78 is 60.1. The third-order valence-corrected chi connectivity index (χ3v) is 8.25. The number of halogens is 2. The molecule has 0 aliphatic heterocycles. The molecule has 1 aliphatic carbocycles. The van der Waals surface area contributed by atoms with Crippen molar-refractivity contribution in [1.29, 1.82) is 0 Å². The Balaban J connectivity index is 1.45. The molecule has 1 heterocycles. The number of nitrogens with zero attached hydrogens (tertiary/aromatic N) is 1. The predicted octanol–water partition coefficient (Wildman–Crippen LogP) is 4.41. The van der Waals surface area contributed by atoms with Gasteiger partial charge in [-0.2, -0.15) is 0 Å². The first-order valence-corrected chi connectivity index (χ1v) is 13.1. The Morgan fingerprint density at radius 2 is 1.88 bits per heavy atom. The van der Waals surface area contributed by atoms with Crippen LogP contribution in [0.2, 0.25) is 0 Å². The lowest BCUT2D eigenvalue weighted by atomic mass is 9.76. The minimum absolute atomic E-state index is 0.0115. The van der Waals surface area contributed by atoms with Gasteiger partial charge in [-0.15, -0.1) is 0 Å². The Bertz CT molecular complexity index is 1240. The summed E-state index contributed by atoms with van der Waals surface area (Å²) in [7, 11) is 0.352. The molecule has 1 aromatic heterocycles. The van der Waals surface area contributed by atoms with E-state index in [0.717, 1.165) is 24.5 Å². The van der Waals surface area contributed by atoms with E-state index in [0.29, 0.717) is 29.1 Å². The monoisotopic (exact) mass is 488 g/mol. The van der Waals surface area contributed by atoms with E-state index in [1.165, 1.54) is 17.7 Å². The molecule has 1 aliphatic rings. The second kappa shape index (κ2) is 10.3. The fourth-order valence-corrected chi connectivity index (χ4v) is 6.09. The maximum absolute atomic E-state index is 13.8. The topological polar surface area (TPSA) is 60.3 Å². The van der Waals surface area contributed by atoms with E-state index in [1.54, 1.807) is 30.1 Å². The average molecular weight is 489 g/mol. The molecule has 2 atom stereocenters. The second-order valence-corrected chi connectivity index (χ2v) is 11.0. The van der Waals surface area contributed by atoms with Crippen LogP contribution in [0.5, 0.6) is 5.75 Å². The number of nitrogens with one attached hydrogen (secondary N) is 1. The Labute approximate surface area is 199 Å². The van der Waals surface area contributed by atoms with Gasteiger partial charge in [0, 0.05) is 37.5 Å². The summed E-state index contributed by atoms with van der Waals surface area (Å²) in [6.45, 7) is 0.278. The fourth-order valence-electron chi connectivity index (χ4n) is 4.76. The van der Waals surface area contributed by atoms with Gasteiger partial charge in [-0.25, -0.2) is 17.2 Å². The molecule has 2 unspecified atom stereocenters. The maximum Gasteiger partial charge on any atom is 0.180 e. The van der Waals surface area contributed by atoms with Gasteiger partial charge < -0.3 is 14.6 Å². The maximum atomic E-state index is 13.8. The standard InChI is InChI=1S/C26H30F2N2O3S/c1-29-26-7-5-19-4-6-22(33-10-3-11-34(31,32)23-8-9-30(2)17-23)16-24(19)25(26)14-18-12-20(27)15-21(28)13-18/h4,6,8-9,12-13,15-17,25-26,29H,3,5,7,10-11,14H2,1-2H3. The zero-order valence-corrected chi connectivity index (χ0v) is 20.2. The normalized spacial score (nSPS) is 18.0. The van der Waals surface area contributed by atoms with Gasteiger partial charge in [0.15, 0.2) is 9.84 Å². The van der Waals surface area contributed by atoms with Crippen molar-refractivity contribution in [3.8, 4) is 5.75 Å². The van der Waals surface area contributed by atoms with Crippen LogP contribution in [0.15, 0.2) is 59.8 Å². The molecular weight excluding hydrogens is 458 g/mol. The molecule has 0 amide bonds. The van der Waals surface area contributed by atoms with Gasteiger partial charge in [0.25, 0.3) is 0 Å². The van der Waals surface area contributed by atoms with E-state index in [9.17, 15) is 17.2 Å². The Morgan fingerprint density at radius 3 is 2.56 bits per heavy atom. The van der Waals surface area contributed by atoms with Gasteiger partial charge in [0.1, 0.15) is 17.4 Å². The number of likely N-dealkylation sites (N-methyl/N-ethyl adjacent to an activating group) is 1. The summed E-state index contributed by atoms with van der Waals surface area (Å²) in [5.41, 5.74) is 2.92. The van der Waals surface area contributed by atoms with Crippen molar-refractivity contribution >= 4 is 9.84 Å². The van der Waals surface area contributed by atoms with Crippen LogP contribution in [0.25, 0.3) is 0 Å². The summed E-state index contributed by atoms with van der Waals surface area (Å²) in [6, 6.07) is 11.4. The molecule has 0 radical (unpaired) electrons. The highest BCUT2D eigenvalue weighted by atomic mass is 32.2. The summed E-state index contributed by atoms with van der Waals surface area (Å²) in [5, 5.41) is 3.35. The number of sulfone groups is 1. The second-order valence-electron chi connectivity index (χ2n) is 8.92. The van der Waals surface area contributed by atoms with Gasteiger partial charge in [-0.05, 0) is 79.8 Å². The number of ether oxygens (including phenoxy) is 1. The molecule has 0 saturated heterocycles. The van der Waals surface area contributed by atoms with Crippen molar-refractivity contribution in [3.05, 3.63) is 83.2 Å². The van der Waals surface area contributed by atoms with Gasteiger partial charge in [-0.3, -0.25) is 0 Å². The van der Waals surface area contributed by atoms with Gasteiger partial charge in [-0.1, -0.05) is 6.07 Å². The lowest BCUT2D eigenvalue weighted by Gasteiger charge is -2.34. The average Bonchev–Trinajstić information content (AvgIpc) is 3.24. The highest BCUT2D eigenvalue weighted by Gasteiger charge is 2.29. The van der Waals surface area contributed by atoms with Crippen LogP contribution in [0.1, 0.15) is 35.4 Å². The summed E-state index contributed by atoms with van der Waals surface area (Å²) in [4.78, 5) is 0.318. The van der Waals surface area contributed by atoms with Gasteiger partial charge >= 0.3 is 0 Å². The summed E-state index contributed by atoms with van der Waals surface area (Å²) in [5.74, 6) is -0.429. The first-order valence-electron chi connectivity index (χ1n) is 11.5. The minimum atomic E-state index is -3.34. The van der Waals surface area contributed by atoms with Gasteiger partial charge in [0.05, 0.1) is 17.3 Å². The molecule has 0 fully saturated rings. The zero-order chi connectivity index (χ0) is 24.3. The van der Waals surface area contributed by atoms with E-state index in [4.69, 9.17) is 4.74 Å². The Kier molecular flexibility index (Phi) is 7.38. The quantitative estimate of drug-likeness (QED) is 0.454. The van der Waals surface area contributed by atoms with Crippen LogP contribution in [-0.4, -0.2) is 38.4 Å². The van der Waals surface area contributed by atoms with Crippen LogP contribution in [0, 0.1) is 11.6 Å². The van der Waals surface area contributed by atoms with Crippen LogP contribution in [0.4, 0.5) is 8.78 Å². The molecule has 4 rings (SSSR count). The van der Waals surface area contributed by atoms with Crippen molar-refractivity contribution in [3.63, 3.8) is 0 Å². The molecule has 34 heavy (non-hydrogen) atoms. The SMILES string of the molecule is CNC1CCc2ccc(OCCCS(=O)(=O)c3ccn(C)c3)cc2C1Cc1cc(F)cc(F)c1. The van der Waals surface area contributed by atoms with Crippen LogP contribution >= 0.6 is 0 Å². The zero-order valence-electron chi connectivity index (χ0n) is 19.4. The Hall–Kier alpha value is -2.71. The molecule has 0 saturated carbocycles. The van der Waals surface area contributed by atoms with Crippen molar-refractivity contribution in [2.45, 2.75) is 42.5 Å². The van der Waals surface area contributed by atoms with Crippen molar-refractivity contribution < 1.29 is 21.9 Å². The molecule has 5 nitrogen and oxygen atoms in total. The molecular formula is C26H30F2N2O3S. The first kappa shape index (κ1) is 24.4. The van der Waals surface area contributed by atoms with E-state index in [2.05, 4.69) is 5.32 Å². The van der Waals surface area contributed by atoms with Crippen molar-refractivity contribution in [2.75, 3.05) is 19.4 Å². The number of fused-ring (bicyclic) bond motifs is 1. The van der Waals surface area contributed by atoms with Gasteiger partial charge in [0.2, 0.25) is 0 Å². The minimum Gasteiger partial charge on any atom is -0.494 e. The lowest BCUT2D eigenvalue weighted by molar-refractivity contribution is 0.315. The third kappa shape index (κ3) is 5.67. The molecule has 182 valence electrons. The summed E-state index contributed by atoms with van der Waals surface area (Å²) >= 11 is 0. The molecule has 2 aromatic carbocycles. The highest BCUT2D eigenvalue weighted by Crippen LogP contribution is 2.37. The number of aryl methyl sites for hydroxylation is 2. The molecule has 1 N–H and O–H groups in total. The predicted molar refractivity (Wildman–Crippen MR) is 128 cm³/mol. The van der Waals surface area contributed by atoms with Crippen LogP contribution in [-0.2, 0) is 29.7 Å². The van der Waals surface area contributed by atoms with E-state index in [-0.39, 0.29) is 24.3 Å². The first-order chi connectivity index (χ1) is 16.2. The third-order valence-electron chi connectivity index (χ3n) is 6.47. The van der Waals surface area contributed by atoms with Crippen LogP contribution in [0.3, 0.4) is 0 Å². The molecule has 0 spiro atoms. The highest BCUT2D eigenvalue weighted by molar-refractivity contribution is 7.91. The molecule has 3 aromatic rings. The largest absolute Gasteiger partial charge is 0.494 e. The number of benzene rings is 2. The smallest absolute Gasteiger partial charge is 0.180 e. The van der Waals surface area contributed by atoms with E-state index in [1.807, 2.05) is 25.2 Å². The molecule has 8 heteroatoms. The summed E-state index contributed by atoms with van der Waals surface area (Å²) in [6.07, 6.45) is 6.03. The molecule has 0 bridgehead atoms. The number of rotatable bonds is 9. The van der Waals surface area contributed by atoms with Crippen LogP contribution < -0.4 is 10.1 Å².